The Morgan fingerprint density at radius 3 is 2.61 bits per heavy atom. The SMILES string of the molecule is COCCNc1ccc([N+](=O)[O-])cc1C(=O)Nc1ccc(C)c(S(=O)(=O)N2CCOCC2)c1. The maximum absolute atomic E-state index is 13.1. The van der Waals surface area contributed by atoms with Gasteiger partial charge in [0.05, 0.1) is 35.2 Å². The lowest BCUT2D eigenvalue weighted by molar-refractivity contribution is -0.384. The largest absolute Gasteiger partial charge is 0.383 e. The van der Waals surface area contributed by atoms with Crippen molar-refractivity contribution in [2.24, 2.45) is 0 Å². The number of nitrogens with one attached hydrogen (secondary N) is 2. The van der Waals surface area contributed by atoms with Crippen LogP contribution in [0.2, 0.25) is 0 Å². The van der Waals surface area contributed by atoms with Crippen LogP contribution in [0.4, 0.5) is 17.1 Å². The maximum Gasteiger partial charge on any atom is 0.270 e. The number of nitro groups is 1. The topological polar surface area (TPSA) is 140 Å². The Bertz CT molecular complexity index is 1130. The lowest BCUT2D eigenvalue weighted by atomic mass is 10.1. The van der Waals surface area contributed by atoms with Crippen molar-refractivity contribution in [1.29, 1.82) is 0 Å². The molecule has 0 aliphatic carbocycles. The number of methoxy groups -OCH3 is 1. The molecule has 178 valence electrons. The number of anilines is 2. The number of sulfonamides is 1. The predicted octanol–water partition coefficient (Wildman–Crippen LogP) is 2.23. The number of morpholine rings is 1. The van der Waals surface area contributed by atoms with Crippen molar-refractivity contribution in [3.8, 4) is 0 Å². The fraction of sp³-hybridized carbons (Fsp3) is 0.381. The van der Waals surface area contributed by atoms with Gasteiger partial charge in [0, 0.05) is 50.3 Å². The molecule has 2 N–H and O–H groups in total. The second-order valence-electron chi connectivity index (χ2n) is 7.36. The van der Waals surface area contributed by atoms with Crippen LogP contribution in [0.5, 0.6) is 0 Å². The minimum absolute atomic E-state index is 0.0541. The number of carbonyl (C=O) groups is 1. The van der Waals surface area contributed by atoms with E-state index in [1.807, 2.05) is 0 Å². The lowest BCUT2D eigenvalue weighted by Crippen LogP contribution is -2.40. The molecule has 1 aliphatic rings. The minimum atomic E-state index is -3.77. The van der Waals surface area contributed by atoms with E-state index in [4.69, 9.17) is 9.47 Å². The molecule has 0 saturated carbocycles. The molecule has 0 spiro atoms. The third-order valence-electron chi connectivity index (χ3n) is 5.11. The molecule has 1 aliphatic heterocycles. The van der Waals surface area contributed by atoms with E-state index in [1.54, 1.807) is 19.1 Å². The summed E-state index contributed by atoms with van der Waals surface area (Å²) in [5.74, 6) is -0.614. The minimum Gasteiger partial charge on any atom is -0.383 e. The molecular weight excluding hydrogens is 452 g/mol. The first-order valence-corrected chi connectivity index (χ1v) is 11.7. The van der Waals surface area contributed by atoms with Gasteiger partial charge in [-0.05, 0) is 30.7 Å². The smallest absolute Gasteiger partial charge is 0.270 e. The highest BCUT2D eigenvalue weighted by molar-refractivity contribution is 7.89. The fourth-order valence-corrected chi connectivity index (χ4v) is 5.01. The van der Waals surface area contributed by atoms with Crippen LogP contribution in [0, 0.1) is 17.0 Å². The number of hydrogen-bond donors (Lipinski definition) is 2. The lowest BCUT2D eigenvalue weighted by Gasteiger charge is -2.26. The Kier molecular flexibility index (Phi) is 7.97. The van der Waals surface area contributed by atoms with E-state index in [0.29, 0.717) is 37.6 Å². The van der Waals surface area contributed by atoms with Crippen molar-refractivity contribution >= 4 is 33.0 Å². The molecule has 0 unspecified atom stereocenters. The predicted molar refractivity (Wildman–Crippen MR) is 122 cm³/mol. The van der Waals surface area contributed by atoms with E-state index in [1.165, 1.54) is 35.7 Å². The van der Waals surface area contributed by atoms with E-state index in [0.717, 1.165) is 0 Å². The van der Waals surface area contributed by atoms with Gasteiger partial charge in [-0.25, -0.2) is 8.42 Å². The number of benzene rings is 2. The zero-order chi connectivity index (χ0) is 24.0. The summed E-state index contributed by atoms with van der Waals surface area (Å²) < 4.78 is 37.8. The number of nitrogens with zero attached hydrogens (tertiary/aromatic N) is 2. The number of non-ortho nitro benzene ring substituents is 1. The molecule has 0 bridgehead atoms. The Morgan fingerprint density at radius 1 is 1.21 bits per heavy atom. The van der Waals surface area contributed by atoms with Gasteiger partial charge >= 0.3 is 0 Å². The van der Waals surface area contributed by atoms with Crippen molar-refractivity contribution in [2.75, 3.05) is 57.2 Å². The number of aryl methyl sites for hydroxylation is 1. The van der Waals surface area contributed by atoms with Crippen LogP contribution < -0.4 is 10.6 Å². The molecule has 1 heterocycles. The first-order valence-electron chi connectivity index (χ1n) is 10.2. The van der Waals surface area contributed by atoms with E-state index in [9.17, 15) is 23.3 Å². The molecule has 12 heteroatoms. The Morgan fingerprint density at radius 2 is 1.94 bits per heavy atom. The highest BCUT2D eigenvalue weighted by Crippen LogP contribution is 2.27. The molecule has 33 heavy (non-hydrogen) atoms. The molecule has 2 aromatic rings. The molecule has 11 nitrogen and oxygen atoms in total. The summed E-state index contributed by atoms with van der Waals surface area (Å²) in [6.45, 7) is 3.59. The van der Waals surface area contributed by atoms with Gasteiger partial charge in [-0.15, -0.1) is 0 Å². The van der Waals surface area contributed by atoms with Crippen LogP contribution in [0.25, 0.3) is 0 Å². The van der Waals surface area contributed by atoms with Gasteiger partial charge < -0.3 is 20.1 Å². The molecule has 0 aromatic heterocycles. The zero-order valence-electron chi connectivity index (χ0n) is 18.4. The van der Waals surface area contributed by atoms with Crippen molar-refractivity contribution in [3.63, 3.8) is 0 Å². The normalized spacial score (nSPS) is 14.6. The van der Waals surface area contributed by atoms with Crippen LogP contribution in [0.15, 0.2) is 41.3 Å². The summed E-state index contributed by atoms with van der Waals surface area (Å²) >= 11 is 0. The third-order valence-corrected chi connectivity index (χ3v) is 7.15. The number of amides is 1. The quantitative estimate of drug-likeness (QED) is 0.318. The standard InChI is InChI=1S/C21H26N4O7S/c1-15-3-4-16(13-20(15)33(29,30)24-8-11-32-12-9-24)23-21(26)18-14-17(25(27)28)5-6-19(18)22-7-10-31-2/h3-6,13-14,22H,7-12H2,1-2H3,(H,23,26). The van der Waals surface area contributed by atoms with Gasteiger partial charge in [-0.2, -0.15) is 4.31 Å². The maximum atomic E-state index is 13.1. The summed E-state index contributed by atoms with van der Waals surface area (Å²) in [5.41, 5.74) is 1.00. The number of hydrogen-bond acceptors (Lipinski definition) is 8. The average Bonchev–Trinajstić information content (AvgIpc) is 2.81. The molecule has 0 radical (unpaired) electrons. The van der Waals surface area contributed by atoms with Crippen molar-refractivity contribution < 1.29 is 27.6 Å². The number of nitro benzene ring substituents is 1. The zero-order valence-corrected chi connectivity index (χ0v) is 19.2. The summed E-state index contributed by atoms with van der Waals surface area (Å²) in [6, 6.07) is 8.50. The van der Waals surface area contributed by atoms with E-state index in [-0.39, 0.29) is 34.9 Å². The van der Waals surface area contributed by atoms with Gasteiger partial charge in [0.2, 0.25) is 10.0 Å². The fourth-order valence-electron chi connectivity index (χ4n) is 3.36. The van der Waals surface area contributed by atoms with Gasteiger partial charge in [-0.3, -0.25) is 14.9 Å². The van der Waals surface area contributed by atoms with Gasteiger partial charge in [0.25, 0.3) is 11.6 Å². The number of rotatable bonds is 9. The molecule has 1 amide bonds. The van der Waals surface area contributed by atoms with Crippen molar-refractivity contribution in [3.05, 3.63) is 57.6 Å². The molecule has 3 rings (SSSR count). The highest BCUT2D eigenvalue weighted by Gasteiger charge is 2.28. The molecule has 2 aromatic carbocycles. The third kappa shape index (κ3) is 5.85. The van der Waals surface area contributed by atoms with Crippen molar-refractivity contribution in [2.45, 2.75) is 11.8 Å². The Hall–Kier alpha value is -3.06. The van der Waals surface area contributed by atoms with Crippen LogP contribution in [0.1, 0.15) is 15.9 Å². The van der Waals surface area contributed by atoms with Crippen LogP contribution in [-0.4, -0.2) is 70.1 Å². The van der Waals surface area contributed by atoms with Gasteiger partial charge in [-0.1, -0.05) is 6.07 Å². The number of ether oxygens (including phenoxy) is 2. The number of carbonyl (C=O) groups excluding carboxylic acids is 1. The first kappa shape index (κ1) is 24.6. The van der Waals surface area contributed by atoms with Crippen LogP contribution in [0.3, 0.4) is 0 Å². The second-order valence-corrected chi connectivity index (χ2v) is 9.26. The molecular formula is C21H26N4O7S. The Labute approximate surface area is 191 Å². The van der Waals surface area contributed by atoms with E-state index >= 15 is 0 Å². The molecule has 1 saturated heterocycles. The van der Waals surface area contributed by atoms with Crippen molar-refractivity contribution in [1.82, 2.24) is 4.31 Å². The molecule has 0 atom stereocenters. The average molecular weight is 479 g/mol. The monoisotopic (exact) mass is 478 g/mol. The summed E-state index contributed by atoms with van der Waals surface area (Å²) in [4.78, 5) is 23.7. The Balaban J connectivity index is 1.89. The van der Waals surface area contributed by atoms with Crippen LogP contribution in [-0.2, 0) is 19.5 Å². The van der Waals surface area contributed by atoms with Gasteiger partial charge in [0.15, 0.2) is 0 Å². The van der Waals surface area contributed by atoms with E-state index in [2.05, 4.69) is 10.6 Å². The highest BCUT2D eigenvalue weighted by atomic mass is 32.2. The van der Waals surface area contributed by atoms with E-state index < -0.39 is 20.9 Å². The van der Waals surface area contributed by atoms with Gasteiger partial charge in [0.1, 0.15) is 0 Å². The second kappa shape index (κ2) is 10.7. The first-order chi connectivity index (χ1) is 15.7. The summed E-state index contributed by atoms with van der Waals surface area (Å²) in [6.07, 6.45) is 0. The van der Waals surface area contributed by atoms with Crippen LogP contribution >= 0.6 is 0 Å². The summed E-state index contributed by atoms with van der Waals surface area (Å²) in [5, 5.41) is 16.9. The molecule has 1 fully saturated rings. The summed E-state index contributed by atoms with van der Waals surface area (Å²) in [7, 11) is -2.24.